The van der Waals surface area contributed by atoms with Gasteiger partial charge in [0.15, 0.2) is 0 Å². The van der Waals surface area contributed by atoms with Gasteiger partial charge in [0, 0.05) is 0 Å². The van der Waals surface area contributed by atoms with Crippen LogP contribution in [0.4, 0.5) is 0 Å². The van der Waals surface area contributed by atoms with Gasteiger partial charge < -0.3 is 0 Å². The zero-order chi connectivity index (χ0) is 9.52. The van der Waals surface area contributed by atoms with Crippen LogP contribution in [0.1, 0.15) is 31.7 Å². The van der Waals surface area contributed by atoms with Crippen LogP contribution >= 0.6 is 0 Å². The minimum Gasteiger partial charge on any atom is -0.233 e. The average Bonchev–Trinajstić information content (AvgIpc) is 2.14. The summed E-state index contributed by atoms with van der Waals surface area (Å²) < 4.78 is 0. The molecule has 0 bridgehead atoms. The molecule has 0 N–H and O–H groups in total. The van der Waals surface area contributed by atoms with Crippen LogP contribution in [0.3, 0.4) is 0 Å². The molecule has 1 atom stereocenters. The van der Waals surface area contributed by atoms with Gasteiger partial charge in [0.2, 0.25) is 0 Å². The van der Waals surface area contributed by atoms with Crippen LogP contribution in [-0.2, 0) is 11.5 Å². The Bertz CT molecular complexity index is 216. The molecular formula is C12H17O. The van der Waals surface area contributed by atoms with Crippen LogP contribution in [0.25, 0.3) is 0 Å². The fourth-order valence-electron chi connectivity index (χ4n) is 1.41. The number of rotatable bonds is 5. The van der Waals surface area contributed by atoms with E-state index in [0.29, 0.717) is 0 Å². The molecule has 1 nitrogen and oxygen atoms in total. The summed E-state index contributed by atoms with van der Waals surface area (Å²) in [5.74, 6) is 0. The molecule has 13 heavy (non-hydrogen) atoms. The van der Waals surface area contributed by atoms with Crippen molar-refractivity contribution in [3.8, 4) is 0 Å². The summed E-state index contributed by atoms with van der Waals surface area (Å²) in [6.07, 6.45) is 3.71. The highest BCUT2D eigenvalue weighted by molar-refractivity contribution is 5.14. The Morgan fingerprint density at radius 3 is 2.46 bits per heavy atom. The Balaban J connectivity index is 2.13. The summed E-state index contributed by atoms with van der Waals surface area (Å²) in [5.41, 5.74) is 1.38. The highest BCUT2D eigenvalue weighted by atomic mass is 16.3. The summed E-state index contributed by atoms with van der Waals surface area (Å²) in [6.45, 7) is 1.74. The van der Waals surface area contributed by atoms with Crippen LogP contribution in [0.2, 0.25) is 0 Å². The van der Waals surface area contributed by atoms with E-state index in [1.807, 2.05) is 6.07 Å². The van der Waals surface area contributed by atoms with Gasteiger partial charge in [-0.2, -0.15) is 0 Å². The first-order valence-electron chi connectivity index (χ1n) is 4.99. The Labute approximate surface area is 80.4 Å². The van der Waals surface area contributed by atoms with Crippen molar-refractivity contribution in [3.05, 3.63) is 35.9 Å². The van der Waals surface area contributed by atoms with E-state index >= 15 is 0 Å². The normalized spacial score (nSPS) is 12.8. The third-order valence-corrected chi connectivity index (χ3v) is 2.17. The van der Waals surface area contributed by atoms with Gasteiger partial charge in [0.1, 0.15) is 0 Å². The second-order valence-corrected chi connectivity index (χ2v) is 3.54. The SMILES string of the molecule is CC([O])CCCCc1ccccc1. The molecule has 1 radical (unpaired) electrons. The van der Waals surface area contributed by atoms with Crippen molar-refractivity contribution in [2.75, 3.05) is 0 Å². The highest BCUT2D eigenvalue weighted by Crippen LogP contribution is 2.07. The van der Waals surface area contributed by atoms with Crippen LogP contribution in [-0.4, -0.2) is 6.10 Å². The molecule has 1 rings (SSSR count). The Morgan fingerprint density at radius 2 is 1.85 bits per heavy atom. The van der Waals surface area contributed by atoms with E-state index in [4.69, 9.17) is 0 Å². The summed E-state index contributed by atoms with van der Waals surface area (Å²) in [6, 6.07) is 10.4. The van der Waals surface area contributed by atoms with Gasteiger partial charge in [-0.15, -0.1) is 0 Å². The molecule has 1 aromatic carbocycles. The van der Waals surface area contributed by atoms with E-state index in [1.54, 1.807) is 6.92 Å². The van der Waals surface area contributed by atoms with Crippen LogP contribution < -0.4 is 0 Å². The lowest BCUT2D eigenvalue weighted by Crippen LogP contribution is -1.96. The van der Waals surface area contributed by atoms with Gasteiger partial charge >= 0.3 is 0 Å². The van der Waals surface area contributed by atoms with E-state index in [0.717, 1.165) is 25.7 Å². The summed E-state index contributed by atoms with van der Waals surface area (Å²) in [7, 11) is 0. The summed E-state index contributed by atoms with van der Waals surface area (Å²) in [5, 5.41) is 10.7. The minimum absolute atomic E-state index is 0.393. The Kier molecular flexibility index (Phi) is 4.55. The van der Waals surface area contributed by atoms with Crippen LogP contribution in [0.15, 0.2) is 30.3 Å². The summed E-state index contributed by atoms with van der Waals surface area (Å²) in [4.78, 5) is 0. The standard InChI is InChI=1S/C12H17O/c1-11(13)7-5-6-10-12-8-3-2-4-9-12/h2-4,8-9,11H,5-7,10H2,1H3. The number of benzene rings is 1. The smallest absolute Gasteiger partial charge is 0.0902 e. The Morgan fingerprint density at radius 1 is 1.15 bits per heavy atom. The minimum atomic E-state index is -0.393. The van der Waals surface area contributed by atoms with E-state index in [9.17, 15) is 5.11 Å². The van der Waals surface area contributed by atoms with Gasteiger partial charge in [0.25, 0.3) is 0 Å². The topological polar surface area (TPSA) is 19.9 Å². The average molecular weight is 177 g/mol. The van der Waals surface area contributed by atoms with E-state index in [1.165, 1.54) is 5.56 Å². The zero-order valence-electron chi connectivity index (χ0n) is 8.20. The van der Waals surface area contributed by atoms with Crippen molar-refractivity contribution in [2.24, 2.45) is 0 Å². The van der Waals surface area contributed by atoms with E-state index in [2.05, 4.69) is 24.3 Å². The Hall–Kier alpha value is -0.820. The largest absolute Gasteiger partial charge is 0.233 e. The molecule has 0 aromatic heterocycles. The quantitative estimate of drug-likeness (QED) is 0.615. The van der Waals surface area contributed by atoms with Crippen molar-refractivity contribution >= 4 is 0 Å². The fraction of sp³-hybridized carbons (Fsp3) is 0.500. The molecular weight excluding hydrogens is 160 g/mol. The first-order valence-corrected chi connectivity index (χ1v) is 4.99. The number of aryl methyl sites for hydroxylation is 1. The maximum atomic E-state index is 10.7. The molecule has 0 fully saturated rings. The van der Waals surface area contributed by atoms with Crippen molar-refractivity contribution in [2.45, 2.75) is 38.7 Å². The molecule has 1 heteroatoms. The maximum Gasteiger partial charge on any atom is 0.0902 e. The van der Waals surface area contributed by atoms with E-state index < -0.39 is 6.10 Å². The molecule has 1 aromatic rings. The number of unbranched alkanes of at least 4 members (excludes halogenated alkanes) is 1. The van der Waals surface area contributed by atoms with Gasteiger partial charge in [-0.1, -0.05) is 36.8 Å². The van der Waals surface area contributed by atoms with E-state index in [-0.39, 0.29) is 0 Å². The summed E-state index contributed by atoms with van der Waals surface area (Å²) >= 11 is 0. The van der Waals surface area contributed by atoms with Gasteiger partial charge in [-0.05, 0) is 31.7 Å². The first-order chi connectivity index (χ1) is 6.29. The lowest BCUT2D eigenvalue weighted by atomic mass is 10.1. The van der Waals surface area contributed by atoms with Gasteiger partial charge in [0.05, 0.1) is 6.10 Å². The second-order valence-electron chi connectivity index (χ2n) is 3.54. The second kappa shape index (κ2) is 5.76. The van der Waals surface area contributed by atoms with Crippen LogP contribution in [0, 0.1) is 0 Å². The lowest BCUT2D eigenvalue weighted by Gasteiger charge is -2.02. The molecule has 0 saturated heterocycles. The molecule has 0 spiro atoms. The zero-order valence-corrected chi connectivity index (χ0v) is 8.20. The van der Waals surface area contributed by atoms with Crippen molar-refractivity contribution < 1.29 is 5.11 Å². The van der Waals surface area contributed by atoms with Crippen molar-refractivity contribution in [1.82, 2.24) is 0 Å². The third kappa shape index (κ3) is 4.69. The molecule has 0 aliphatic heterocycles. The molecule has 71 valence electrons. The molecule has 0 heterocycles. The van der Waals surface area contributed by atoms with Gasteiger partial charge in [-0.25, -0.2) is 5.11 Å². The van der Waals surface area contributed by atoms with Gasteiger partial charge in [-0.3, -0.25) is 0 Å². The molecule has 0 amide bonds. The molecule has 0 aliphatic carbocycles. The predicted molar refractivity (Wildman–Crippen MR) is 54.1 cm³/mol. The molecule has 1 unspecified atom stereocenters. The predicted octanol–water partition coefficient (Wildman–Crippen LogP) is 3.22. The van der Waals surface area contributed by atoms with Crippen molar-refractivity contribution in [1.29, 1.82) is 0 Å². The third-order valence-electron chi connectivity index (χ3n) is 2.17. The first kappa shape index (κ1) is 10.3. The number of hydrogen-bond acceptors (Lipinski definition) is 0. The monoisotopic (exact) mass is 177 g/mol. The molecule has 0 aliphatic rings. The number of hydrogen-bond donors (Lipinski definition) is 0. The van der Waals surface area contributed by atoms with Crippen LogP contribution in [0.5, 0.6) is 0 Å². The lowest BCUT2D eigenvalue weighted by molar-refractivity contribution is 0.0952. The maximum absolute atomic E-state index is 10.7. The van der Waals surface area contributed by atoms with Crippen molar-refractivity contribution in [3.63, 3.8) is 0 Å². The highest BCUT2D eigenvalue weighted by Gasteiger charge is 1.97. The molecule has 0 saturated carbocycles. The fourth-order valence-corrected chi connectivity index (χ4v) is 1.41.